The van der Waals surface area contributed by atoms with E-state index in [1.807, 2.05) is 0 Å². The van der Waals surface area contributed by atoms with Gasteiger partial charge in [0.2, 0.25) is 0 Å². The SMILES string of the molecule is CCCCCCCc1ccc(CN)c(CN)c1CCCCCCC. The summed E-state index contributed by atoms with van der Waals surface area (Å²) in [6.07, 6.45) is 15.7. The third kappa shape index (κ3) is 7.36. The number of unbranched alkanes of at least 4 members (excludes halogenated alkanes) is 8. The van der Waals surface area contributed by atoms with Gasteiger partial charge < -0.3 is 11.5 Å². The maximum absolute atomic E-state index is 6.09. The highest BCUT2D eigenvalue weighted by Gasteiger charge is 2.11. The summed E-state index contributed by atoms with van der Waals surface area (Å²) in [7, 11) is 0. The van der Waals surface area contributed by atoms with Crippen LogP contribution < -0.4 is 11.5 Å². The monoisotopic (exact) mass is 332 g/mol. The van der Waals surface area contributed by atoms with Gasteiger partial charge in [-0.05, 0) is 47.9 Å². The molecular formula is C22H40N2. The van der Waals surface area contributed by atoms with Crippen molar-refractivity contribution in [3.8, 4) is 0 Å². The molecule has 0 atom stereocenters. The second-order valence-corrected chi connectivity index (χ2v) is 7.08. The first-order valence-electron chi connectivity index (χ1n) is 10.3. The molecular weight excluding hydrogens is 292 g/mol. The number of aryl methyl sites for hydroxylation is 1. The maximum Gasteiger partial charge on any atom is 0.0184 e. The van der Waals surface area contributed by atoms with Gasteiger partial charge in [0.1, 0.15) is 0 Å². The smallest absolute Gasteiger partial charge is 0.0184 e. The van der Waals surface area contributed by atoms with Crippen LogP contribution in [0.1, 0.15) is 100 Å². The molecule has 0 fully saturated rings. The second kappa shape index (κ2) is 13.4. The lowest BCUT2D eigenvalue weighted by Crippen LogP contribution is -2.12. The molecule has 2 heteroatoms. The van der Waals surface area contributed by atoms with E-state index in [1.54, 1.807) is 0 Å². The lowest BCUT2D eigenvalue weighted by molar-refractivity contribution is 0.618. The highest BCUT2D eigenvalue weighted by atomic mass is 14.6. The van der Waals surface area contributed by atoms with Crippen molar-refractivity contribution in [2.75, 3.05) is 0 Å². The van der Waals surface area contributed by atoms with Gasteiger partial charge in [-0.3, -0.25) is 0 Å². The maximum atomic E-state index is 6.09. The topological polar surface area (TPSA) is 52.0 Å². The first kappa shape index (κ1) is 21.2. The van der Waals surface area contributed by atoms with E-state index in [9.17, 15) is 0 Å². The summed E-state index contributed by atoms with van der Waals surface area (Å²) in [6, 6.07) is 4.53. The third-order valence-corrected chi connectivity index (χ3v) is 5.13. The molecule has 0 aromatic heterocycles. The molecule has 0 aliphatic rings. The van der Waals surface area contributed by atoms with E-state index in [0.29, 0.717) is 13.1 Å². The lowest BCUT2D eigenvalue weighted by atomic mass is 9.89. The van der Waals surface area contributed by atoms with Crippen LogP contribution in [0.3, 0.4) is 0 Å². The highest BCUT2D eigenvalue weighted by molar-refractivity contribution is 5.41. The Morgan fingerprint density at radius 2 is 1.12 bits per heavy atom. The minimum atomic E-state index is 0.603. The average Bonchev–Trinajstić information content (AvgIpc) is 2.61. The molecule has 0 bridgehead atoms. The predicted molar refractivity (Wildman–Crippen MR) is 107 cm³/mol. The van der Waals surface area contributed by atoms with Crippen molar-refractivity contribution in [2.45, 2.75) is 104 Å². The van der Waals surface area contributed by atoms with Gasteiger partial charge >= 0.3 is 0 Å². The highest BCUT2D eigenvalue weighted by Crippen LogP contribution is 2.24. The Labute approximate surface area is 150 Å². The van der Waals surface area contributed by atoms with Gasteiger partial charge in [0.05, 0.1) is 0 Å². The fourth-order valence-corrected chi connectivity index (χ4v) is 3.61. The molecule has 2 nitrogen and oxygen atoms in total. The zero-order chi connectivity index (χ0) is 17.6. The van der Waals surface area contributed by atoms with Crippen LogP contribution in [0.15, 0.2) is 12.1 Å². The molecule has 1 aromatic carbocycles. The Hall–Kier alpha value is -0.860. The van der Waals surface area contributed by atoms with Gasteiger partial charge in [0.15, 0.2) is 0 Å². The van der Waals surface area contributed by atoms with Gasteiger partial charge in [0, 0.05) is 13.1 Å². The van der Waals surface area contributed by atoms with Crippen molar-refractivity contribution in [3.63, 3.8) is 0 Å². The summed E-state index contributed by atoms with van der Waals surface area (Å²) in [5, 5.41) is 0. The van der Waals surface area contributed by atoms with Gasteiger partial charge in [0.25, 0.3) is 0 Å². The van der Waals surface area contributed by atoms with Gasteiger partial charge in [-0.2, -0.15) is 0 Å². The van der Waals surface area contributed by atoms with Crippen LogP contribution in [-0.2, 0) is 25.9 Å². The van der Waals surface area contributed by atoms with Crippen LogP contribution >= 0.6 is 0 Å². The van der Waals surface area contributed by atoms with E-state index in [1.165, 1.54) is 99.3 Å². The number of rotatable bonds is 14. The molecule has 4 N–H and O–H groups in total. The molecule has 0 spiro atoms. The molecule has 138 valence electrons. The Kier molecular flexibility index (Phi) is 11.9. The minimum Gasteiger partial charge on any atom is -0.326 e. The van der Waals surface area contributed by atoms with Crippen LogP contribution in [-0.4, -0.2) is 0 Å². The number of hydrogen-bond donors (Lipinski definition) is 2. The van der Waals surface area contributed by atoms with Gasteiger partial charge in [-0.15, -0.1) is 0 Å². The molecule has 0 unspecified atom stereocenters. The van der Waals surface area contributed by atoms with Crippen LogP contribution in [0.5, 0.6) is 0 Å². The Morgan fingerprint density at radius 1 is 0.583 bits per heavy atom. The molecule has 0 heterocycles. The van der Waals surface area contributed by atoms with E-state index < -0.39 is 0 Å². The number of benzene rings is 1. The van der Waals surface area contributed by atoms with Gasteiger partial charge in [-0.1, -0.05) is 77.3 Å². The first-order valence-corrected chi connectivity index (χ1v) is 10.3. The zero-order valence-electron chi connectivity index (χ0n) is 16.2. The fourth-order valence-electron chi connectivity index (χ4n) is 3.61. The van der Waals surface area contributed by atoms with Crippen LogP contribution in [0.25, 0.3) is 0 Å². The van der Waals surface area contributed by atoms with Crippen molar-refractivity contribution in [1.82, 2.24) is 0 Å². The standard InChI is InChI=1S/C22H40N2/c1-3-5-7-9-11-13-19-15-16-20(17-23)22(18-24)21(19)14-12-10-8-6-4-2/h15-16H,3-14,17-18,23-24H2,1-2H3. The van der Waals surface area contributed by atoms with Crippen molar-refractivity contribution >= 4 is 0 Å². The summed E-state index contributed by atoms with van der Waals surface area (Å²) in [4.78, 5) is 0. The average molecular weight is 333 g/mol. The van der Waals surface area contributed by atoms with Crippen molar-refractivity contribution in [3.05, 3.63) is 34.4 Å². The number of hydrogen-bond acceptors (Lipinski definition) is 2. The Morgan fingerprint density at radius 3 is 1.67 bits per heavy atom. The van der Waals surface area contributed by atoms with Gasteiger partial charge in [-0.25, -0.2) is 0 Å². The molecule has 0 aliphatic heterocycles. The largest absolute Gasteiger partial charge is 0.326 e. The molecule has 0 aliphatic carbocycles. The third-order valence-electron chi connectivity index (χ3n) is 5.13. The molecule has 24 heavy (non-hydrogen) atoms. The van der Waals surface area contributed by atoms with Crippen LogP contribution in [0.2, 0.25) is 0 Å². The lowest BCUT2D eigenvalue weighted by Gasteiger charge is -2.18. The molecule has 1 rings (SSSR count). The summed E-state index contributed by atoms with van der Waals surface area (Å²) in [5.74, 6) is 0. The molecule has 0 saturated heterocycles. The van der Waals surface area contributed by atoms with Crippen molar-refractivity contribution in [1.29, 1.82) is 0 Å². The van der Waals surface area contributed by atoms with E-state index in [-0.39, 0.29) is 0 Å². The van der Waals surface area contributed by atoms with E-state index in [2.05, 4.69) is 26.0 Å². The van der Waals surface area contributed by atoms with Crippen LogP contribution in [0, 0.1) is 0 Å². The Balaban J connectivity index is 2.72. The van der Waals surface area contributed by atoms with E-state index >= 15 is 0 Å². The number of nitrogens with two attached hydrogens (primary N) is 2. The molecule has 0 radical (unpaired) electrons. The van der Waals surface area contributed by atoms with E-state index in [0.717, 1.165) is 0 Å². The summed E-state index contributed by atoms with van der Waals surface area (Å²) >= 11 is 0. The van der Waals surface area contributed by atoms with E-state index in [4.69, 9.17) is 11.5 Å². The normalized spacial score (nSPS) is 11.2. The fraction of sp³-hybridized carbons (Fsp3) is 0.727. The summed E-state index contributed by atoms with van der Waals surface area (Å²) < 4.78 is 0. The predicted octanol–water partition coefficient (Wildman–Crippen LogP) is 5.63. The van der Waals surface area contributed by atoms with Crippen molar-refractivity contribution < 1.29 is 0 Å². The molecule has 0 saturated carbocycles. The molecule has 1 aromatic rings. The Bertz CT molecular complexity index is 440. The van der Waals surface area contributed by atoms with Crippen molar-refractivity contribution in [2.24, 2.45) is 11.5 Å². The van der Waals surface area contributed by atoms with Crippen LogP contribution in [0.4, 0.5) is 0 Å². The molecule has 0 amide bonds. The second-order valence-electron chi connectivity index (χ2n) is 7.08. The summed E-state index contributed by atoms with van der Waals surface area (Å²) in [6.45, 7) is 5.77. The zero-order valence-corrected chi connectivity index (χ0v) is 16.2. The quantitative estimate of drug-likeness (QED) is 0.434. The first-order chi connectivity index (χ1) is 11.8. The summed E-state index contributed by atoms with van der Waals surface area (Å²) in [5.41, 5.74) is 17.7. The minimum absolute atomic E-state index is 0.603.